The first kappa shape index (κ1) is 16.5. The van der Waals surface area contributed by atoms with E-state index < -0.39 is 0 Å². The minimum Gasteiger partial charge on any atom is -0.273 e. The number of amides is 1. The number of nitrogens with one attached hydrogen (secondary N) is 1. The van der Waals surface area contributed by atoms with Crippen molar-refractivity contribution in [1.82, 2.24) is 5.48 Å². The summed E-state index contributed by atoms with van der Waals surface area (Å²) in [6.45, 7) is 2.52. The molecular weight excluding hydrogens is 302 g/mol. The van der Waals surface area contributed by atoms with E-state index in [1.807, 2.05) is 53.9 Å². The lowest BCUT2D eigenvalue weighted by Crippen LogP contribution is -2.23. The molecule has 1 aromatic carbocycles. The van der Waals surface area contributed by atoms with E-state index in [2.05, 4.69) is 12.4 Å². The van der Waals surface area contributed by atoms with Gasteiger partial charge < -0.3 is 0 Å². The van der Waals surface area contributed by atoms with Gasteiger partial charge in [0.2, 0.25) is 5.91 Å². The highest BCUT2D eigenvalue weighted by Gasteiger charge is 2.11. The summed E-state index contributed by atoms with van der Waals surface area (Å²) in [7, 11) is 0. The van der Waals surface area contributed by atoms with Crippen LogP contribution in [0.1, 0.15) is 31.7 Å². The maximum Gasteiger partial charge on any atom is 0.243 e. The predicted octanol–water partition coefficient (Wildman–Crippen LogP) is 4.12. The van der Waals surface area contributed by atoms with Crippen molar-refractivity contribution in [3.8, 4) is 0 Å². The van der Waals surface area contributed by atoms with Gasteiger partial charge in [0, 0.05) is 10.7 Å². The summed E-state index contributed by atoms with van der Waals surface area (Å²) < 4.78 is 1.40. The minimum absolute atomic E-state index is 0.0586. The van der Waals surface area contributed by atoms with Crippen LogP contribution in [-0.4, -0.2) is 17.4 Å². The number of thioether (sulfide) groups is 2. The molecular formula is C16H21NO2S2. The van der Waals surface area contributed by atoms with Crippen LogP contribution >= 0.6 is 23.5 Å². The van der Waals surface area contributed by atoms with Crippen LogP contribution in [0.15, 0.2) is 40.1 Å². The van der Waals surface area contributed by atoms with E-state index >= 15 is 0 Å². The molecule has 5 heteroatoms. The fraction of sp³-hybridized carbons (Fsp3) is 0.438. The molecule has 114 valence electrons. The summed E-state index contributed by atoms with van der Waals surface area (Å²) in [6.07, 6.45) is 2.56. The third kappa shape index (κ3) is 6.16. The predicted molar refractivity (Wildman–Crippen MR) is 90.8 cm³/mol. The number of hydrogen-bond donors (Lipinski definition) is 1. The van der Waals surface area contributed by atoms with E-state index in [-0.39, 0.29) is 5.91 Å². The summed E-state index contributed by atoms with van der Waals surface area (Å²) >= 11 is 3.84. The highest BCUT2D eigenvalue weighted by atomic mass is 32.2. The van der Waals surface area contributed by atoms with E-state index in [1.165, 1.54) is 27.7 Å². The molecule has 1 aromatic rings. The highest BCUT2D eigenvalue weighted by molar-refractivity contribution is 8.22. The smallest absolute Gasteiger partial charge is 0.243 e. The molecule has 3 nitrogen and oxygen atoms in total. The third-order valence-electron chi connectivity index (χ3n) is 3.10. The van der Waals surface area contributed by atoms with E-state index in [0.29, 0.717) is 13.0 Å². The fourth-order valence-electron chi connectivity index (χ4n) is 1.90. The van der Waals surface area contributed by atoms with Crippen molar-refractivity contribution < 1.29 is 9.63 Å². The molecule has 0 bridgehead atoms. The van der Waals surface area contributed by atoms with Crippen molar-refractivity contribution >= 4 is 29.4 Å². The van der Waals surface area contributed by atoms with Crippen LogP contribution in [0.25, 0.3) is 0 Å². The normalized spacial score (nSPS) is 14.8. The van der Waals surface area contributed by atoms with Gasteiger partial charge in [0.05, 0.1) is 6.61 Å². The Hall–Kier alpha value is -0.910. The summed E-state index contributed by atoms with van der Waals surface area (Å²) in [6, 6.07) is 9.81. The van der Waals surface area contributed by atoms with Crippen molar-refractivity contribution in [2.75, 3.05) is 11.5 Å². The Bertz CT molecular complexity index is 480. The lowest BCUT2D eigenvalue weighted by Gasteiger charge is -2.15. The van der Waals surface area contributed by atoms with Crippen molar-refractivity contribution in [3.63, 3.8) is 0 Å². The highest BCUT2D eigenvalue weighted by Crippen LogP contribution is 2.37. The lowest BCUT2D eigenvalue weighted by atomic mass is 10.2. The van der Waals surface area contributed by atoms with Crippen LogP contribution in [0.3, 0.4) is 0 Å². The fourth-order valence-corrected chi connectivity index (χ4v) is 4.57. The van der Waals surface area contributed by atoms with Gasteiger partial charge in [-0.3, -0.25) is 9.63 Å². The molecule has 1 aliphatic heterocycles. The number of carbonyl (C=O) groups is 1. The maximum atomic E-state index is 11.7. The molecule has 0 atom stereocenters. The molecule has 0 spiro atoms. The first-order valence-corrected chi connectivity index (χ1v) is 9.13. The van der Waals surface area contributed by atoms with Crippen LogP contribution in [0.5, 0.6) is 0 Å². The molecule has 1 N–H and O–H groups in total. The number of rotatable bonds is 6. The number of hydroxylamine groups is 1. The van der Waals surface area contributed by atoms with Crippen molar-refractivity contribution in [3.05, 3.63) is 45.7 Å². The van der Waals surface area contributed by atoms with E-state index in [4.69, 9.17) is 4.84 Å². The molecule has 2 rings (SSSR count). The van der Waals surface area contributed by atoms with Crippen LogP contribution in [0, 0.1) is 0 Å². The molecule has 0 radical (unpaired) electrons. The van der Waals surface area contributed by atoms with Gasteiger partial charge in [-0.25, -0.2) is 5.48 Å². The van der Waals surface area contributed by atoms with Crippen molar-refractivity contribution in [1.29, 1.82) is 0 Å². The van der Waals surface area contributed by atoms with Gasteiger partial charge in [0.1, 0.15) is 0 Å². The second-order valence-corrected chi connectivity index (χ2v) is 7.39. The van der Waals surface area contributed by atoms with E-state index in [0.717, 1.165) is 12.0 Å². The molecule has 0 saturated carbocycles. The number of carbonyl (C=O) groups excluding carboxylic acids is 1. The zero-order valence-corrected chi connectivity index (χ0v) is 13.9. The van der Waals surface area contributed by atoms with Gasteiger partial charge in [0.15, 0.2) is 0 Å². The monoisotopic (exact) mass is 323 g/mol. The van der Waals surface area contributed by atoms with Crippen LogP contribution in [0.4, 0.5) is 0 Å². The average Bonchev–Trinajstić information content (AvgIpc) is 2.54. The standard InChI is InChI=1S/C16H21NO2S2/c1-13(16-20-10-5-11-21-16)8-9-15(18)17-19-12-14-6-3-2-4-7-14/h2-4,6-7H,5,8-12H2,1H3,(H,17,18). The van der Waals surface area contributed by atoms with Crippen LogP contribution in [-0.2, 0) is 16.2 Å². The second kappa shape index (κ2) is 9.18. The first-order valence-electron chi connectivity index (χ1n) is 7.15. The zero-order valence-electron chi connectivity index (χ0n) is 12.3. The molecule has 1 amide bonds. The van der Waals surface area contributed by atoms with Gasteiger partial charge in [0.25, 0.3) is 0 Å². The molecule has 0 unspecified atom stereocenters. The van der Waals surface area contributed by atoms with Gasteiger partial charge in [-0.2, -0.15) is 0 Å². The maximum absolute atomic E-state index is 11.7. The second-order valence-electron chi connectivity index (χ2n) is 4.92. The van der Waals surface area contributed by atoms with Gasteiger partial charge >= 0.3 is 0 Å². The van der Waals surface area contributed by atoms with E-state index in [9.17, 15) is 4.79 Å². The molecule has 0 aliphatic carbocycles. The first-order chi connectivity index (χ1) is 10.3. The molecule has 0 aromatic heterocycles. The van der Waals surface area contributed by atoms with Crippen LogP contribution in [0.2, 0.25) is 0 Å². The Morgan fingerprint density at radius 1 is 1.19 bits per heavy atom. The Labute approximate surface area is 134 Å². The van der Waals surface area contributed by atoms with E-state index in [1.54, 1.807) is 0 Å². The molecule has 1 saturated heterocycles. The average molecular weight is 323 g/mol. The van der Waals surface area contributed by atoms with Crippen LogP contribution < -0.4 is 5.48 Å². The topological polar surface area (TPSA) is 38.3 Å². The molecule has 21 heavy (non-hydrogen) atoms. The summed E-state index contributed by atoms with van der Waals surface area (Å²) in [4.78, 5) is 17.0. The summed E-state index contributed by atoms with van der Waals surface area (Å²) in [5, 5.41) is 0. The Balaban J connectivity index is 1.65. The zero-order chi connectivity index (χ0) is 14.9. The number of benzene rings is 1. The Kier molecular flexibility index (Phi) is 7.19. The molecule has 1 aliphatic rings. The quantitative estimate of drug-likeness (QED) is 0.799. The number of hydrogen-bond acceptors (Lipinski definition) is 4. The SMILES string of the molecule is CC(CCC(=O)NOCc1ccccc1)=C1SCCCS1. The van der Waals surface area contributed by atoms with Crippen molar-refractivity contribution in [2.24, 2.45) is 0 Å². The van der Waals surface area contributed by atoms with Gasteiger partial charge in [-0.15, -0.1) is 23.5 Å². The third-order valence-corrected chi connectivity index (χ3v) is 6.01. The van der Waals surface area contributed by atoms with Gasteiger partial charge in [-0.05, 0) is 36.8 Å². The number of allylic oxidation sites excluding steroid dienone is 1. The molecule has 1 heterocycles. The van der Waals surface area contributed by atoms with Gasteiger partial charge in [-0.1, -0.05) is 35.9 Å². The van der Waals surface area contributed by atoms with Crippen molar-refractivity contribution in [2.45, 2.75) is 32.8 Å². The molecule has 1 fully saturated rings. The largest absolute Gasteiger partial charge is 0.273 e. The Morgan fingerprint density at radius 2 is 1.90 bits per heavy atom. The Morgan fingerprint density at radius 3 is 2.62 bits per heavy atom. The minimum atomic E-state index is -0.0586. The summed E-state index contributed by atoms with van der Waals surface area (Å²) in [5.74, 6) is 2.34. The lowest BCUT2D eigenvalue weighted by molar-refractivity contribution is -0.134. The summed E-state index contributed by atoms with van der Waals surface area (Å²) in [5.41, 5.74) is 4.88.